The van der Waals surface area contributed by atoms with Crippen LogP contribution in [-0.2, 0) is 11.2 Å². The van der Waals surface area contributed by atoms with Gasteiger partial charge in [-0.1, -0.05) is 41.6 Å². The molecule has 3 nitrogen and oxygen atoms in total. The summed E-state index contributed by atoms with van der Waals surface area (Å²) in [6.45, 7) is 0. The van der Waals surface area contributed by atoms with E-state index in [2.05, 4.69) is 10.3 Å². The van der Waals surface area contributed by atoms with E-state index in [1.165, 1.54) is 0 Å². The Bertz CT molecular complexity index is 838. The monoisotopic (exact) mass is 368 g/mol. The van der Waals surface area contributed by atoms with E-state index in [1.54, 1.807) is 18.0 Å². The van der Waals surface area contributed by atoms with Crippen LogP contribution in [0, 0.1) is 0 Å². The molecule has 1 N–H and O–H groups in total. The molecule has 5 heteroatoms. The summed E-state index contributed by atoms with van der Waals surface area (Å²) in [5.74, 6) is -0.0165. The van der Waals surface area contributed by atoms with Gasteiger partial charge in [-0.3, -0.25) is 9.78 Å². The zero-order valence-corrected chi connectivity index (χ0v) is 15.1. The maximum atomic E-state index is 12.0. The molecule has 0 saturated carbocycles. The van der Waals surface area contributed by atoms with Gasteiger partial charge in [-0.05, 0) is 55.0 Å². The fourth-order valence-electron chi connectivity index (χ4n) is 2.27. The molecule has 126 valence electrons. The van der Waals surface area contributed by atoms with Gasteiger partial charge >= 0.3 is 0 Å². The van der Waals surface area contributed by atoms with Crippen LogP contribution in [0.1, 0.15) is 12.1 Å². The number of hydrogen-bond acceptors (Lipinski definition) is 3. The van der Waals surface area contributed by atoms with Crippen LogP contribution in [0.15, 0.2) is 82.7 Å². The van der Waals surface area contributed by atoms with E-state index in [9.17, 15) is 4.79 Å². The minimum Gasteiger partial charge on any atom is -0.326 e. The second-order valence-corrected chi connectivity index (χ2v) is 6.95. The van der Waals surface area contributed by atoms with E-state index in [4.69, 9.17) is 11.6 Å². The smallest absolute Gasteiger partial charge is 0.224 e. The molecule has 2 aromatic carbocycles. The molecule has 25 heavy (non-hydrogen) atoms. The van der Waals surface area contributed by atoms with Crippen molar-refractivity contribution in [2.75, 3.05) is 5.32 Å². The fraction of sp³-hybridized carbons (Fsp3) is 0.100. The number of pyridine rings is 1. The molecule has 0 aliphatic rings. The Labute approximate surface area is 156 Å². The molecule has 0 unspecified atom stereocenters. The van der Waals surface area contributed by atoms with Crippen molar-refractivity contribution >= 4 is 35.0 Å². The Morgan fingerprint density at radius 2 is 1.76 bits per heavy atom. The SMILES string of the molecule is O=C(CCc1ccccn1)Nc1ccc(Sc2ccccc2Cl)cc1. The summed E-state index contributed by atoms with van der Waals surface area (Å²) in [4.78, 5) is 18.3. The first-order valence-corrected chi connectivity index (χ1v) is 9.12. The number of nitrogens with one attached hydrogen (secondary N) is 1. The predicted molar refractivity (Wildman–Crippen MR) is 103 cm³/mol. The third-order valence-corrected chi connectivity index (χ3v) is 5.06. The molecule has 1 aromatic heterocycles. The highest BCUT2D eigenvalue weighted by atomic mass is 35.5. The molecule has 0 atom stereocenters. The van der Waals surface area contributed by atoms with Crippen molar-refractivity contribution in [3.8, 4) is 0 Å². The van der Waals surface area contributed by atoms with Gasteiger partial charge in [-0.15, -0.1) is 0 Å². The van der Waals surface area contributed by atoms with Crippen LogP contribution in [0.5, 0.6) is 0 Å². The highest BCUT2D eigenvalue weighted by Crippen LogP contribution is 2.33. The quantitative estimate of drug-likeness (QED) is 0.628. The van der Waals surface area contributed by atoms with E-state index in [0.29, 0.717) is 12.8 Å². The van der Waals surface area contributed by atoms with E-state index in [-0.39, 0.29) is 5.91 Å². The Kier molecular flexibility index (Phi) is 6.09. The molecule has 3 rings (SSSR count). The standard InChI is InChI=1S/C20H17ClN2OS/c21-18-6-1-2-7-19(18)25-17-11-8-16(9-12-17)23-20(24)13-10-15-5-3-4-14-22-15/h1-9,11-12,14H,10,13H2,(H,23,24). The van der Waals surface area contributed by atoms with Gasteiger partial charge in [0.2, 0.25) is 5.91 Å². The number of halogens is 1. The third kappa shape index (κ3) is 5.34. The van der Waals surface area contributed by atoms with Gasteiger partial charge in [-0.2, -0.15) is 0 Å². The molecule has 0 fully saturated rings. The maximum absolute atomic E-state index is 12.0. The van der Waals surface area contributed by atoms with Crippen LogP contribution < -0.4 is 5.32 Å². The third-order valence-electron chi connectivity index (χ3n) is 3.54. The molecular formula is C20H17ClN2OS. The van der Waals surface area contributed by atoms with E-state index < -0.39 is 0 Å². The fourth-order valence-corrected chi connectivity index (χ4v) is 3.36. The lowest BCUT2D eigenvalue weighted by atomic mass is 10.2. The number of aromatic nitrogens is 1. The number of rotatable bonds is 6. The van der Waals surface area contributed by atoms with Crippen LogP contribution >= 0.6 is 23.4 Å². The zero-order chi connectivity index (χ0) is 17.5. The largest absolute Gasteiger partial charge is 0.326 e. The summed E-state index contributed by atoms with van der Waals surface area (Å²) in [6, 6.07) is 21.2. The minimum absolute atomic E-state index is 0.0165. The maximum Gasteiger partial charge on any atom is 0.224 e. The van der Waals surface area contributed by atoms with Crippen molar-refractivity contribution in [1.82, 2.24) is 4.98 Å². The first-order chi connectivity index (χ1) is 12.2. The van der Waals surface area contributed by atoms with Crippen LogP contribution in [-0.4, -0.2) is 10.9 Å². The summed E-state index contributed by atoms with van der Waals surface area (Å²) in [7, 11) is 0. The lowest BCUT2D eigenvalue weighted by Crippen LogP contribution is -2.12. The van der Waals surface area contributed by atoms with Crippen molar-refractivity contribution in [2.24, 2.45) is 0 Å². The van der Waals surface area contributed by atoms with Gasteiger partial charge in [0.05, 0.1) is 5.02 Å². The zero-order valence-electron chi connectivity index (χ0n) is 13.5. The molecule has 0 radical (unpaired) electrons. The van der Waals surface area contributed by atoms with Gasteiger partial charge in [0, 0.05) is 33.8 Å². The van der Waals surface area contributed by atoms with Crippen LogP contribution in [0.4, 0.5) is 5.69 Å². The molecule has 1 heterocycles. The molecule has 0 spiro atoms. The van der Waals surface area contributed by atoms with Gasteiger partial charge in [0.15, 0.2) is 0 Å². The number of anilines is 1. The van der Waals surface area contributed by atoms with Gasteiger partial charge in [0.25, 0.3) is 0 Å². The number of aryl methyl sites for hydroxylation is 1. The first kappa shape index (κ1) is 17.5. The molecule has 0 saturated heterocycles. The van der Waals surface area contributed by atoms with E-state index in [0.717, 1.165) is 26.2 Å². The second-order valence-electron chi connectivity index (χ2n) is 5.43. The van der Waals surface area contributed by atoms with Crippen molar-refractivity contribution in [3.05, 3.63) is 83.6 Å². The minimum atomic E-state index is -0.0165. The van der Waals surface area contributed by atoms with Crippen molar-refractivity contribution < 1.29 is 4.79 Å². The van der Waals surface area contributed by atoms with Crippen molar-refractivity contribution in [2.45, 2.75) is 22.6 Å². The lowest BCUT2D eigenvalue weighted by Gasteiger charge is -2.07. The average Bonchev–Trinajstić information content (AvgIpc) is 2.64. The first-order valence-electron chi connectivity index (χ1n) is 7.93. The molecule has 0 aliphatic carbocycles. The Balaban J connectivity index is 1.53. The predicted octanol–water partition coefficient (Wildman–Crippen LogP) is 5.46. The van der Waals surface area contributed by atoms with Crippen molar-refractivity contribution in [1.29, 1.82) is 0 Å². The number of amides is 1. The van der Waals surface area contributed by atoms with Gasteiger partial charge < -0.3 is 5.32 Å². The normalized spacial score (nSPS) is 10.4. The molecule has 0 bridgehead atoms. The number of carbonyl (C=O) groups excluding carboxylic acids is 1. The lowest BCUT2D eigenvalue weighted by molar-refractivity contribution is -0.116. The molecule has 3 aromatic rings. The van der Waals surface area contributed by atoms with Gasteiger partial charge in [0.1, 0.15) is 0 Å². The Morgan fingerprint density at radius 3 is 2.48 bits per heavy atom. The molecule has 1 amide bonds. The highest BCUT2D eigenvalue weighted by Gasteiger charge is 2.05. The van der Waals surface area contributed by atoms with E-state index in [1.807, 2.05) is 66.7 Å². The molecule has 0 aliphatic heterocycles. The van der Waals surface area contributed by atoms with Crippen LogP contribution in [0.3, 0.4) is 0 Å². The topological polar surface area (TPSA) is 42.0 Å². The molecular weight excluding hydrogens is 352 g/mol. The summed E-state index contributed by atoms with van der Waals surface area (Å²) < 4.78 is 0. The van der Waals surface area contributed by atoms with E-state index >= 15 is 0 Å². The summed E-state index contributed by atoms with van der Waals surface area (Å²) >= 11 is 7.77. The highest BCUT2D eigenvalue weighted by molar-refractivity contribution is 7.99. The Hall–Kier alpha value is -2.30. The second kappa shape index (κ2) is 8.70. The number of carbonyl (C=O) groups is 1. The van der Waals surface area contributed by atoms with Crippen LogP contribution in [0.2, 0.25) is 5.02 Å². The number of nitrogens with zero attached hydrogens (tertiary/aromatic N) is 1. The Morgan fingerprint density at radius 1 is 1.00 bits per heavy atom. The number of hydrogen-bond donors (Lipinski definition) is 1. The summed E-state index contributed by atoms with van der Waals surface area (Å²) in [5, 5.41) is 3.65. The van der Waals surface area contributed by atoms with Gasteiger partial charge in [-0.25, -0.2) is 0 Å². The average molecular weight is 369 g/mol. The summed E-state index contributed by atoms with van der Waals surface area (Å²) in [5.41, 5.74) is 1.71. The summed E-state index contributed by atoms with van der Waals surface area (Å²) in [6.07, 6.45) is 2.78. The van der Waals surface area contributed by atoms with Crippen LogP contribution in [0.25, 0.3) is 0 Å². The number of benzene rings is 2. The van der Waals surface area contributed by atoms with Crippen molar-refractivity contribution in [3.63, 3.8) is 0 Å².